The molecule has 1 N–H and O–H groups in total. The van der Waals surface area contributed by atoms with E-state index in [1.54, 1.807) is 6.07 Å². The number of aryl methyl sites for hydroxylation is 4. The molecule has 0 radical (unpaired) electrons. The van der Waals surface area contributed by atoms with Crippen molar-refractivity contribution in [3.05, 3.63) is 64.6 Å². The van der Waals surface area contributed by atoms with E-state index in [2.05, 4.69) is 9.71 Å². The monoisotopic (exact) mass is 357 g/mol. The Morgan fingerprint density at radius 2 is 1.76 bits per heavy atom. The molecule has 0 unspecified atom stereocenters. The maximum absolute atomic E-state index is 12.6. The minimum absolute atomic E-state index is 0.317. The summed E-state index contributed by atoms with van der Waals surface area (Å²) in [7, 11) is -3.52. The number of nitrogens with one attached hydrogen (secondary N) is 1. The van der Waals surface area contributed by atoms with Crippen molar-refractivity contribution in [2.75, 3.05) is 6.54 Å². The molecule has 0 amide bonds. The zero-order valence-corrected chi connectivity index (χ0v) is 15.8. The Balaban J connectivity index is 1.74. The van der Waals surface area contributed by atoms with E-state index in [0.29, 0.717) is 17.9 Å². The van der Waals surface area contributed by atoms with Crippen molar-refractivity contribution in [1.82, 2.24) is 14.1 Å². The van der Waals surface area contributed by atoms with Crippen LogP contribution in [0, 0.1) is 27.7 Å². The normalized spacial score (nSPS) is 12.0. The van der Waals surface area contributed by atoms with E-state index in [9.17, 15) is 8.42 Å². The fraction of sp³-hybridized carbons (Fsp3) is 0.316. The van der Waals surface area contributed by atoms with Crippen LogP contribution in [0.3, 0.4) is 0 Å². The number of nitrogens with zero attached hydrogens (tertiary/aromatic N) is 2. The standard InChI is InChI=1S/C19H23N3O2S/c1-13-6-5-9-22-12-17(21-19(13)22)7-8-20-25(23,24)18-11-15(3)14(2)10-16(18)4/h5-6,9-12,20H,7-8H2,1-4H3. The van der Waals surface area contributed by atoms with Crippen LogP contribution in [0.4, 0.5) is 0 Å². The fourth-order valence-corrected chi connectivity index (χ4v) is 4.28. The van der Waals surface area contributed by atoms with Crippen LogP contribution in [0.15, 0.2) is 41.6 Å². The summed E-state index contributed by atoms with van der Waals surface area (Å²) in [6, 6.07) is 7.63. The Hall–Kier alpha value is -2.18. The van der Waals surface area contributed by atoms with Crippen molar-refractivity contribution in [3.8, 4) is 0 Å². The highest BCUT2D eigenvalue weighted by atomic mass is 32.2. The molecule has 3 rings (SSSR count). The van der Waals surface area contributed by atoms with Crippen LogP contribution in [-0.4, -0.2) is 24.3 Å². The Bertz CT molecular complexity index is 1040. The summed E-state index contributed by atoms with van der Waals surface area (Å²) in [6.45, 7) is 8.06. The first-order valence-electron chi connectivity index (χ1n) is 8.28. The van der Waals surface area contributed by atoms with Gasteiger partial charge in [0.25, 0.3) is 0 Å². The summed E-state index contributed by atoms with van der Waals surface area (Å²) in [5.41, 5.74) is 5.71. The molecule has 6 heteroatoms. The third-order valence-electron chi connectivity index (χ3n) is 4.48. The number of benzene rings is 1. The highest BCUT2D eigenvalue weighted by Crippen LogP contribution is 2.20. The van der Waals surface area contributed by atoms with Gasteiger partial charge >= 0.3 is 0 Å². The molecule has 1 aromatic carbocycles. The number of hydrogen-bond acceptors (Lipinski definition) is 3. The lowest BCUT2D eigenvalue weighted by Crippen LogP contribution is -2.26. The molecule has 0 aliphatic carbocycles. The average molecular weight is 357 g/mol. The molecule has 0 bridgehead atoms. The Labute approximate surface area is 148 Å². The second-order valence-electron chi connectivity index (χ2n) is 6.50. The molecule has 3 aromatic rings. The minimum atomic E-state index is -3.52. The molecule has 0 saturated carbocycles. The van der Waals surface area contributed by atoms with Crippen LogP contribution in [0.2, 0.25) is 0 Å². The predicted molar refractivity (Wildman–Crippen MR) is 99.5 cm³/mol. The van der Waals surface area contributed by atoms with Crippen LogP contribution in [-0.2, 0) is 16.4 Å². The molecule has 2 heterocycles. The third kappa shape index (κ3) is 3.60. The summed E-state index contributed by atoms with van der Waals surface area (Å²) in [5.74, 6) is 0. The SMILES string of the molecule is Cc1cc(C)c(S(=O)(=O)NCCc2cn3cccc(C)c3n2)cc1C. The van der Waals surface area contributed by atoms with E-state index in [1.807, 2.05) is 62.7 Å². The third-order valence-corrected chi connectivity index (χ3v) is 6.08. The Morgan fingerprint density at radius 1 is 1.04 bits per heavy atom. The summed E-state index contributed by atoms with van der Waals surface area (Å²) in [6.07, 6.45) is 4.43. The zero-order chi connectivity index (χ0) is 18.2. The molecule has 0 atom stereocenters. The molecule has 0 saturated heterocycles. The van der Waals surface area contributed by atoms with E-state index in [4.69, 9.17) is 0 Å². The number of aromatic nitrogens is 2. The number of fused-ring (bicyclic) bond motifs is 1. The lowest BCUT2D eigenvalue weighted by molar-refractivity contribution is 0.580. The molecule has 5 nitrogen and oxygen atoms in total. The van der Waals surface area contributed by atoms with E-state index >= 15 is 0 Å². The summed E-state index contributed by atoms with van der Waals surface area (Å²) < 4.78 is 29.9. The lowest BCUT2D eigenvalue weighted by atomic mass is 10.1. The average Bonchev–Trinajstić information content (AvgIpc) is 2.95. The van der Waals surface area contributed by atoms with Crippen molar-refractivity contribution in [2.24, 2.45) is 0 Å². The maximum atomic E-state index is 12.6. The van der Waals surface area contributed by atoms with Gasteiger partial charge in [0.1, 0.15) is 5.65 Å². The molecule has 132 valence electrons. The highest BCUT2D eigenvalue weighted by molar-refractivity contribution is 7.89. The lowest BCUT2D eigenvalue weighted by Gasteiger charge is -2.11. The number of rotatable bonds is 5. The van der Waals surface area contributed by atoms with Gasteiger partial charge in [-0.3, -0.25) is 0 Å². The number of imidazole rings is 1. The van der Waals surface area contributed by atoms with Crippen LogP contribution in [0.1, 0.15) is 27.9 Å². The fourth-order valence-electron chi connectivity index (χ4n) is 2.94. The van der Waals surface area contributed by atoms with Gasteiger partial charge in [-0.15, -0.1) is 0 Å². The molecule has 25 heavy (non-hydrogen) atoms. The molecular weight excluding hydrogens is 334 g/mol. The smallest absolute Gasteiger partial charge is 0.240 e. The molecule has 2 aromatic heterocycles. The predicted octanol–water partition coefficient (Wildman–Crippen LogP) is 3.09. The van der Waals surface area contributed by atoms with E-state index in [-0.39, 0.29) is 0 Å². The van der Waals surface area contributed by atoms with Crippen LogP contribution < -0.4 is 4.72 Å². The van der Waals surface area contributed by atoms with Gasteiger partial charge in [0.15, 0.2) is 0 Å². The van der Waals surface area contributed by atoms with Crippen molar-refractivity contribution < 1.29 is 8.42 Å². The Kier molecular flexibility index (Phi) is 4.67. The minimum Gasteiger partial charge on any atom is -0.307 e. The molecule has 0 aliphatic rings. The van der Waals surface area contributed by atoms with E-state index in [1.165, 1.54) is 0 Å². The van der Waals surface area contributed by atoms with Crippen molar-refractivity contribution in [1.29, 1.82) is 0 Å². The summed E-state index contributed by atoms with van der Waals surface area (Å²) in [4.78, 5) is 4.92. The first kappa shape index (κ1) is 17.6. The number of sulfonamides is 1. The molecule has 0 fully saturated rings. The molecule has 0 spiro atoms. The van der Waals surface area contributed by atoms with Gasteiger partial charge in [0.05, 0.1) is 10.6 Å². The van der Waals surface area contributed by atoms with Gasteiger partial charge in [0, 0.05) is 25.4 Å². The van der Waals surface area contributed by atoms with E-state index < -0.39 is 10.0 Å². The van der Waals surface area contributed by atoms with Crippen LogP contribution in [0.5, 0.6) is 0 Å². The molecule has 0 aliphatic heterocycles. The second kappa shape index (κ2) is 6.61. The largest absolute Gasteiger partial charge is 0.307 e. The topological polar surface area (TPSA) is 63.5 Å². The maximum Gasteiger partial charge on any atom is 0.240 e. The molecular formula is C19H23N3O2S. The summed E-state index contributed by atoms with van der Waals surface area (Å²) in [5, 5.41) is 0. The van der Waals surface area contributed by atoms with Crippen molar-refractivity contribution >= 4 is 15.7 Å². The van der Waals surface area contributed by atoms with Crippen LogP contribution >= 0.6 is 0 Å². The zero-order valence-electron chi connectivity index (χ0n) is 15.0. The van der Waals surface area contributed by atoms with Gasteiger partial charge in [-0.25, -0.2) is 18.1 Å². The number of hydrogen-bond donors (Lipinski definition) is 1. The Morgan fingerprint density at radius 3 is 2.48 bits per heavy atom. The van der Waals surface area contributed by atoms with Gasteiger partial charge in [-0.2, -0.15) is 0 Å². The highest BCUT2D eigenvalue weighted by Gasteiger charge is 2.17. The van der Waals surface area contributed by atoms with Crippen molar-refractivity contribution in [2.45, 2.75) is 39.0 Å². The second-order valence-corrected chi connectivity index (χ2v) is 8.24. The number of pyridine rings is 1. The van der Waals surface area contributed by atoms with Gasteiger partial charge in [-0.05, 0) is 62.1 Å². The first-order chi connectivity index (χ1) is 11.8. The quantitative estimate of drug-likeness (QED) is 0.763. The van der Waals surface area contributed by atoms with Gasteiger partial charge < -0.3 is 4.40 Å². The van der Waals surface area contributed by atoms with Crippen LogP contribution in [0.25, 0.3) is 5.65 Å². The summed E-state index contributed by atoms with van der Waals surface area (Å²) >= 11 is 0. The van der Waals surface area contributed by atoms with Gasteiger partial charge in [0.2, 0.25) is 10.0 Å². The van der Waals surface area contributed by atoms with E-state index in [0.717, 1.165) is 33.6 Å². The van der Waals surface area contributed by atoms with Crippen molar-refractivity contribution in [3.63, 3.8) is 0 Å². The first-order valence-corrected chi connectivity index (χ1v) is 9.77. The van der Waals surface area contributed by atoms with Gasteiger partial charge in [-0.1, -0.05) is 12.1 Å².